The van der Waals surface area contributed by atoms with Gasteiger partial charge in [0.15, 0.2) is 18.9 Å². The van der Waals surface area contributed by atoms with Gasteiger partial charge in [-0.1, -0.05) is 24.3 Å². The predicted molar refractivity (Wildman–Crippen MR) is 103 cm³/mol. The molecular formula is C21H23NO6. The average Bonchev–Trinajstić information content (AvgIpc) is 2.68. The first-order chi connectivity index (χ1) is 13.5. The third-order valence-corrected chi connectivity index (χ3v) is 4.40. The maximum Gasteiger partial charge on any atom is 0.333 e. The Morgan fingerprint density at radius 2 is 1.93 bits per heavy atom. The lowest BCUT2D eigenvalue weighted by molar-refractivity contribution is -0.149. The highest BCUT2D eigenvalue weighted by Gasteiger charge is 2.30. The zero-order valence-corrected chi connectivity index (χ0v) is 15.8. The number of para-hydroxylation sites is 2. The number of hydrogen-bond acceptors (Lipinski definition) is 5. The molecule has 0 aliphatic carbocycles. The molecule has 0 saturated heterocycles. The van der Waals surface area contributed by atoms with Gasteiger partial charge in [0.25, 0.3) is 5.91 Å². The topological polar surface area (TPSA) is 85.3 Å². The lowest BCUT2D eigenvalue weighted by Crippen LogP contribution is -2.47. The first-order valence-corrected chi connectivity index (χ1v) is 9.13. The third-order valence-electron chi connectivity index (χ3n) is 4.40. The summed E-state index contributed by atoms with van der Waals surface area (Å²) in [4.78, 5) is 25.1. The number of aliphatic carboxylic acids is 1. The Hall–Kier alpha value is -3.06. The molecule has 7 nitrogen and oxygen atoms in total. The minimum absolute atomic E-state index is 0.0301. The number of carboxylic acid groups (broad SMARTS) is 1. The second-order valence-electron chi connectivity index (χ2n) is 6.37. The van der Waals surface area contributed by atoms with Crippen molar-refractivity contribution in [1.29, 1.82) is 0 Å². The van der Waals surface area contributed by atoms with E-state index in [0.717, 1.165) is 5.56 Å². The molecule has 0 fully saturated rings. The van der Waals surface area contributed by atoms with Crippen LogP contribution in [0.5, 0.6) is 11.5 Å². The number of nitrogens with zero attached hydrogens (tertiary/aromatic N) is 1. The quantitative estimate of drug-likeness (QED) is 0.752. The Kier molecular flexibility index (Phi) is 6.16. The van der Waals surface area contributed by atoms with Crippen LogP contribution in [0.3, 0.4) is 0 Å². The fourth-order valence-corrected chi connectivity index (χ4v) is 3.11. The summed E-state index contributed by atoms with van der Waals surface area (Å²) in [5, 5.41) is 9.19. The van der Waals surface area contributed by atoms with Crippen LogP contribution in [0.4, 0.5) is 5.69 Å². The van der Waals surface area contributed by atoms with Crippen molar-refractivity contribution in [1.82, 2.24) is 0 Å². The molecule has 2 aromatic rings. The zero-order valence-electron chi connectivity index (χ0n) is 15.8. The van der Waals surface area contributed by atoms with E-state index < -0.39 is 18.3 Å². The first-order valence-electron chi connectivity index (χ1n) is 9.13. The van der Waals surface area contributed by atoms with Crippen LogP contribution in [0.2, 0.25) is 0 Å². The summed E-state index contributed by atoms with van der Waals surface area (Å²) in [5.41, 5.74) is 1.50. The number of carboxylic acids is 1. The van der Waals surface area contributed by atoms with Crippen molar-refractivity contribution in [3.05, 3.63) is 54.1 Å². The molecule has 1 amide bonds. The number of hydrogen-bond donors (Lipinski definition) is 1. The van der Waals surface area contributed by atoms with Crippen LogP contribution in [0, 0.1) is 0 Å². The van der Waals surface area contributed by atoms with E-state index in [4.69, 9.17) is 14.2 Å². The first kappa shape index (κ1) is 19.7. The molecule has 0 spiro atoms. The van der Waals surface area contributed by atoms with Gasteiger partial charge in [0.1, 0.15) is 11.5 Å². The third kappa shape index (κ3) is 4.43. The number of fused-ring (bicyclic) bond motifs is 1. The monoisotopic (exact) mass is 385 g/mol. The van der Waals surface area contributed by atoms with E-state index in [1.165, 1.54) is 0 Å². The Labute approximate surface area is 163 Å². The predicted octanol–water partition coefficient (Wildman–Crippen LogP) is 2.87. The number of anilines is 1. The molecule has 1 aliphatic heterocycles. The smallest absolute Gasteiger partial charge is 0.333 e. The molecule has 0 radical (unpaired) electrons. The van der Waals surface area contributed by atoms with Crippen molar-refractivity contribution in [2.45, 2.75) is 32.6 Å². The second kappa shape index (κ2) is 8.75. The van der Waals surface area contributed by atoms with Crippen LogP contribution in [0.15, 0.2) is 48.5 Å². The van der Waals surface area contributed by atoms with E-state index in [9.17, 15) is 14.7 Å². The minimum Gasteiger partial charge on any atom is -0.482 e. The summed E-state index contributed by atoms with van der Waals surface area (Å²) in [7, 11) is 0. The maximum absolute atomic E-state index is 12.3. The summed E-state index contributed by atoms with van der Waals surface area (Å²) in [6.45, 7) is 3.87. The number of amides is 1. The molecular weight excluding hydrogens is 362 g/mol. The van der Waals surface area contributed by atoms with Crippen molar-refractivity contribution in [2.75, 3.05) is 18.1 Å². The molecule has 1 aliphatic rings. The zero-order chi connectivity index (χ0) is 20.1. The van der Waals surface area contributed by atoms with Crippen molar-refractivity contribution >= 4 is 17.6 Å². The van der Waals surface area contributed by atoms with Gasteiger partial charge in [-0.2, -0.15) is 0 Å². The molecule has 0 bridgehead atoms. The molecule has 1 N–H and O–H groups in total. The van der Waals surface area contributed by atoms with E-state index in [0.29, 0.717) is 23.8 Å². The van der Waals surface area contributed by atoms with Crippen molar-refractivity contribution < 1.29 is 28.9 Å². The minimum atomic E-state index is -0.986. The molecule has 28 heavy (non-hydrogen) atoms. The van der Waals surface area contributed by atoms with E-state index in [1.807, 2.05) is 24.3 Å². The summed E-state index contributed by atoms with van der Waals surface area (Å²) in [6, 6.07) is 14.4. The highest BCUT2D eigenvalue weighted by molar-refractivity contribution is 5.98. The Bertz CT molecular complexity index is 835. The maximum atomic E-state index is 12.3. The Morgan fingerprint density at radius 1 is 1.21 bits per heavy atom. The van der Waals surface area contributed by atoms with Gasteiger partial charge in [0.2, 0.25) is 0 Å². The molecule has 0 saturated carbocycles. The fraction of sp³-hybridized carbons (Fsp3) is 0.333. The molecule has 2 aromatic carbocycles. The number of ether oxygens (including phenoxy) is 3. The number of carbonyl (C=O) groups is 2. The van der Waals surface area contributed by atoms with E-state index in [2.05, 4.69) is 0 Å². The summed E-state index contributed by atoms with van der Waals surface area (Å²) >= 11 is 0. The van der Waals surface area contributed by atoms with Crippen molar-refractivity contribution in [2.24, 2.45) is 0 Å². The molecule has 2 atom stereocenters. The van der Waals surface area contributed by atoms with E-state index in [-0.39, 0.29) is 18.9 Å². The summed E-state index contributed by atoms with van der Waals surface area (Å²) < 4.78 is 16.6. The van der Waals surface area contributed by atoms with Gasteiger partial charge in [-0.05, 0) is 43.7 Å². The van der Waals surface area contributed by atoms with E-state index in [1.54, 1.807) is 43.0 Å². The van der Waals surface area contributed by atoms with Gasteiger partial charge >= 0.3 is 5.97 Å². The summed E-state index contributed by atoms with van der Waals surface area (Å²) in [6.07, 6.45) is -1.13. The highest BCUT2D eigenvalue weighted by Crippen LogP contribution is 2.33. The van der Waals surface area contributed by atoms with Crippen LogP contribution in [0.1, 0.15) is 19.4 Å². The van der Waals surface area contributed by atoms with Gasteiger partial charge in [-0.15, -0.1) is 0 Å². The Morgan fingerprint density at radius 3 is 2.61 bits per heavy atom. The lowest BCUT2D eigenvalue weighted by atomic mass is 10.1. The average molecular weight is 385 g/mol. The van der Waals surface area contributed by atoms with Gasteiger partial charge < -0.3 is 19.3 Å². The largest absolute Gasteiger partial charge is 0.482 e. The normalized spacial score (nSPS) is 15.4. The molecule has 2 unspecified atom stereocenters. The van der Waals surface area contributed by atoms with Gasteiger partial charge in [0.05, 0.1) is 5.69 Å². The molecule has 3 rings (SSSR count). The summed E-state index contributed by atoms with van der Waals surface area (Å²) in [5.74, 6) is 0.0592. The number of benzene rings is 2. The number of rotatable bonds is 8. The fourth-order valence-electron chi connectivity index (χ4n) is 3.11. The molecule has 148 valence electrons. The van der Waals surface area contributed by atoms with Crippen LogP contribution >= 0.6 is 0 Å². The van der Waals surface area contributed by atoms with Gasteiger partial charge in [-0.3, -0.25) is 9.69 Å². The van der Waals surface area contributed by atoms with E-state index >= 15 is 0 Å². The van der Waals surface area contributed by atoms with Crippen LogP contribution in [0.25, 0.3) is 0 Å². The lowest BCUT2D eigenvalue weighted by Gasteiger charge is -2.33. The molecule has 0 aromatic heterocycles. The molecule has 7 heteroatoms. The number of carbonyl (C=O) groups excluding carboxylic acids is 1. The van der Waals surface area contributed by atoms with Crippen LogP contribution in [-0.2, 0) is 20.7 Å². The van der Waals surface area contributed by atoms with Crippen LogP contribution < -0.4 is 14.4 Å². The van der Waals surface area contributed by atoms with Gasteiger partial charge in [0, 0.05) is 13.0 Å². The SMILES string of the molecule is CCOC(Cc1ccc(OC(C)N2C(=O)COc3ccccc32)cc1)C(=O)O. The second-order valence-corrected chi connectivity index (χ2v) is 6.37. The molecule has 1 heterocycles. The van der Waals surface area contributed by atoms with Gasteiger partial charge in [-0.25, -0.2) is 4.79 Å². The highest BCUT2D eigenvalue weighted by atomic mass is 16.5. The Balaban J connectivity index is 1.69. The standard InChI is InChI=1S/C21H23NO6/c1-3-26-19(21(24)25)12-15-8-10-16(11-9-15)28-14(2)22-17-6-4-5-7-18(17)27-13-20(22)23/h4-11,14,19H,3,12-13H2,1-2H3,(H,24,25). The van der Waals surface area contributed by atoms with Crippen LogP contribution in [-0.4, -0.2) is 42.5 Å². The van der Waals surface area contributed by atoms with Crippen molar-refractivity contribution in [3.63, 3.8) is 0 Å². The van der Waals surface area contributed by atoms with Crippen molar-refractivity contribution in [3.8, 4) is 11.5 Å².